The summed E-state index contributed by atoms with van der Waals surface area (Å²) >= 11 is 1.57. The maximum absolute atomic E-state index is 13.4. The average molecular weight is 409 g/mol. The number of amides is 1. The van der Waals surface area contributed by atoms with Gasteiger partial charge in [-0.05, 0) is 43.2 Å². The van der Waals surface area contributed by atoms with Gasteiger partial charge in [-0.15, -0.1) is 11.3 Å². The topological polar surface area (TPSA) is 58.1 Å². The van der Waals surface area contributed by atoms with Gasteiger partial charge in [0.25, 0.3) is 5.91 Å². The smallest absolute Gasteiger partial charge is 0.257 e. The zero-order valence-corrected chi connectivity index (χ0v) is 18.3. The Kier molecular flexibility index (Phi) is 5.54. The van der Waals surface area contributed by atoms with E-state index in [1.807, 2.05) is 25.1 Å². The zero-order chi connectivity index (χ0) is 20.5. The molecule has 0 radical (unpaired) electrons. The lowest BCUT2D eigenvalue weighted by molar-refractivity contribution is 0.102. The largest absolute Gasteiger partial charge is 0.356 e. The Labute approximate surface area is 176 Å². The number of nitrogens with one attached hydrogen (secondary N) is 1. The fourth-order valence-electron chi connectivity index (χ4n) is 4.22. The van der Waals surface area contributed by atoms with Gasteiger partial charge in [0, 0.05) is 23.7 Å². The van der Waals surface area contributed by atoms with Crippen LogP contribution in [0.1, 0.15) is 60.3 Å². The molecule has 6 heteroatoms. The number of piperidine rings is 1. The van der Waals surface area contributed by atoms with Crippen LogP contribution in [0.25, 0.3) is 10.2 Å². The molecular weight excluding hydrogens is 380 g/mol. The number of para-hydroxylation sites is 1. The summed E-state index contributed by atoms with van der Waals surface area (Å²) < 4.78 is 0. The number of carbonyl (C=O) groups excluding carboxylic acids is 1. The maximum atomic E-state index is 13.4. The lowest BCUT2D eigenvalue weighted by Crippen LogP contribution is -2.35. The molecule has 0 bridgehead atoms. The van der Waals surface area contributed by atoms with Gasteiger partial charge in [0.1, 0.15) is 17.0 Å². The number of anilines is 2. The molecule has 1 unspecified atom stereocenters. The molecule has 1 aliphatic rings. The molecule has 1 aromatic carbocycles. The molecule has 4 rings (SSSR count). The molecule has 0 saturated carbocycles. The number of thiophene rings is 1. The number of aryl methyl sites for hydroxylation is 1. The van der Waals surface area contributed by atoms with Crippen molar-refractivity contribution in [2.75, 3.05) is 23.3 Å². The van der Waals surface area contributed by atoms with E-state index in [1.54, 1.807) is 17.7 Å². The van der Waals surface area contributed by atoms with Crippen LogP contribution in [0.5, 0.6) is 0 Å². The lowest BCUT2D eigenvalue weighted by Gasteiger charge is -2.32. The average Bonchev–Trinajstić information content (AvgIpc) is 3.04. The van der Waals surface area contributed by atoms with Gasteiger partial charge in [0.05, 0.1) is 10.9 Å². The summed E-state index contributed by atoms with van der Waals surface area (Å²) in [7, 11) is 0. The number of nitrogens with zero attached hydrogens (tertiary/aromatic N) is 3. The highest BCUT2D eigenvalue weighted by Gasteiger charge is 2.26. The van der Waals surface area contributed by atoms with Crippen LogP contribution in [-0.4, -0.2) is 29.0 Å². The molecule has 1 aliphatic heterocycles. The van der Waals surface area contributed by atoms with Crippen LogP contribution in [0.4, 0.5) is 11.5 Å². The van der Waals surface area contributed by atoms with E-state index < -0.39 is 0 Å². The Morgan fingerprint density at radius 1 is 1.28 bits per heavy atom. The van der Waals surface area contributed by atoms with Crippen molar-refractivity contribution >= 4 is 39.0 Å². The molecule has 0 spiro atoms. The minimum absolute atomic E-state index is 0.0806. The molecule has 152 valence electrons. The summed E-state index contributed by atoms with van der Waals surface area (Å²) in [5, 5.41) is 4.05. The summed E-state index contributed by atoms with van der Waals surface area (Å²) in [5.41, 5.74) is 2.72. The number of aromatic nitrogens is 2. The molecule has 3 aromatic rings. The van der Waals surface area contributed by atoms with Crippen LogP contribution in [0.3, 0.4) is 0 Å². The third kappa shape index (κ3) is 3.86. The quantitative estimate of drug-likeness (QED) is 0.609. The van der Waals surface area contributed by atoms with Gasteiger partial charge in [-0.1, -0.05) is 39.0 Å². The van der Waals surface area contributed by atoms with Gasteiger partial charge >= 0.3 is 0 Å². The highest BCUT2D eigenvalue weighted by atomic mass is 32.1. The van der Waals surface area contributed by atoms with Crippen LogP contribution >= 0.6 is 11.3 Å². The van der Waals surface area contributed by atoms with Crippen LogP contribution in [-0.2, 0) is 0 Å². The van der Waals surface area contributed by atoms with Crippen LogP contribution < -0.4 is 10.2 Å². The van der Waals surface area contributed by atoms with Crippen molar-refractivity contribution in [3.05, 3.63) is 46.6 Å². The van der Waals surface area contributed by atoms with Gasteiger partial charge < -0.3 is 10.2 Å². The standard InChI is InChI=1S/C23H28N4OS/c1-14(2)17-9-5-6-10-18(17)26-22(28)19-16(4)29-23-20(19)21(24-13-25-23)27-11-7-8-15(3)12-27/h5-6,9-10,13-15H,7-8,11-12H2,1-4H3,(H,26,28). The summed E-state index contributed by atoms with van der Waals surface area (Å²) in [4.78, 5) is 26.7. The number of carbonyl (C=O) groups is 1. The van der Waals surface area contributed by atoms with Crippen molar-refractivity contribution in [3.8, 4) is 0 Å². The molecule has 2 aromatic heterocycles. The predicted molar refractivity (Wildman–Crippen MR) is 121 cm³/mol. The lowest BCUT2D eigenvalue weighted by atomic mass is 9.99. The van der Waals surface area contributed by atoms with Crippen LogP contribution in [0.2, 0.25) is 0 Å². The van der Waals surface area contributed by atoms with Gasteiger partial charge in [-0.2, -0.15) is 0 Å². The zero-order valence-electron chi connectivity index (χ0n) is 17.5. The van der Waals surface area contributed by atoms with E-state index in [9.17, 15) is 4.79 Å². The normalized spacial score (nSPS) is 17.1. The minimum atomic E-state index is -0.0806. The van der Waals surface area contributed by atoms with E-state index in [4.69, 9.17) is 0 Å². The second-order valence-electron chi connectivity index (χ2n) is 8.30. The summed E-state index contributed by atoms with van der Waals surface area (Å²) in [6, 6.07) is 8.02. The summed E-state index contributed by atoms with van der Waals surface area (Å²) in [5.74, 6) is 1.78. The Hall–Kier alpha value is -2.47. The molecule has 3 heterocycles. The highest BCUT2D eigenvalue weighted by Crippen LogP contribution is 2.37. The van der Waals surface area contributed by atoms with Crippen molar-refractivity contribution in [1.82, 2.24) is 9.97 Å². The molecule has 29 heavy (non-hydrogen) atoms. The molecular formula is C23H28N4OS. The first-order valence-corrected chi connectivity index (χ1v) is 11.2. The summed E-state index contributed by atoms with van der Waals surface area (Å²) in [6.45, 7) is 10.5. The SMILES string of the molecule is Cc1sc2ncnc(N3CCCC(C)C3)c2c1C(=O)Nc1ccccc1C(C)C. The van der Waals surface area contributed by atoms with E-state index in [-0.39, 0.29) is 5.91 Å². The predicted octanol–water partition coefficient (Wildman–Crippen LogP) is 5.61. The van der Waals surface area contributed by atoms with Crippen molar-refractivity contribution in [2.24, 2.45) is 5.92 Å². The molecule has 1 saturated heterocycles. The first-order chi connectivity index (χ1) is 14.0. The monoisotopic (exact) mass is 408 g/mol. The minimum Gasteiger partial charge on any atom is -0.356 e. The van der Waals surface area contributed by atoms with Crippen molar-refractivity contribution in [2.45, 2.75) is 46.5 Å². The second kappa shape index (κ2) is 8.11. The number of fused-ring (bicyclic) bond motifs is 1. The Balaban J connectivity index is 1.76. The molecule has 0 aliphatic carbocycles. The van der Waals surface area contributed by atoms with Gasteiger partial charge in [0.15, 0.2) is 0 Å². The molecule has 5 nitrogen and oxygen atoms in total. The van der Waals surface area contributed by atoms with Gasteiger partial charge in [-0.3, -0.25) is 4.79 Å². The maximum Gasteiger partial charge on any atom is 0.257 e. The molecule has 1 N–H and O–H groups in total. The number of rotatable bonds is 4. The Bertz CT molecular complexity index is 1040. The summed E-state index contributed by atoms with van der Waals surface area (Å²) in [6.07, 6.45) is 4.02. The third-order valence-electron chi connectivity index (χ3n) is 5.66. The fourth-order valence-corrected chi connectivity index (χ4v) is 5.21. The third-order valence-corrected chi connectivity index (χ3v) is 6.67. The van der Waals surface area contributed by atoms with E-state index in [0.29, 0.717) is 17.4 Å². The van der Waals surface area contributed by atoms with E-state index in [2.05, 4.69) is 47.0 Å². The first-order valence-electron chi connectivity index (χ1n) is 10.3. The van der Waals surface area contributed by atoms with Crippen molar-refractivity contribution in [3.63, 3.8) is 0 Å². The molecule has 1 atom stereocenters. The van der Waals surface area contributed by atoms with Crippen LogP contribution in [0, 0.1) is 12.8 Å². The first kappa shape index (κ1) is 19.8. The van der Waals surface area contributed by atoms with Crippen molar-refractivity contribution in [1.29, 1.82) is 0 Å². The van der Waals surface area contributed by atoms with E-state index >= 15 is 0 Å². The second-order valence-corrected chi connectivity index (χ2v) is 9.50. The van der Waals surface area contributed by atoms with Crippen molar-refractivity contribution < 1.29 is 4.79 Å². The number of hydrogen-bond acceptors (Lipinski definition) is 5. The number of hydrogen-bond donors (Lipinski definition) is 1. The molecule has 1 fully saturated rings. The van der Waals surface area contributed by atoms with Gasteiger partial charge in [-0.25, -0.2) is 9.97 Å². The van der Waals surface area contributed by atoms with Crippen LogP contribution in [0.15, 0.2) is 30.6 Å². The van der Waals surface area contributed by atoms with E-state index in [0.717, 1.165) is 51.7 Å². The highest BCUT2D eigenvalue weighted by molar-refractivity contribution is 7.19. The number of benzene rings is 1. The Morgan fingerprint density at radius 3 is 2.83 bits per heavy atom. The van der Waals surface area contributed by atoms with Gasteiger partial charge in [0.2, 0.25) is 0 Å². The fraction of sp³-hybridized carbons (Fsp3) is 0.435. The van der Waals surface area contributed by atoms with E-state index in [1.165, 1.54) is 6.42 Å². The molecule has 1 amide bonds. The Morgan fingerprint density at radius 2 is 2.07 bits per heavy atom.